The molecule has 0 aromatic carbocycles. The van der Waals surface area contributed by atoms with Gasteiger partial charge in [-0.1, -0.05) is 32.5 Å². The van der Waals surface area contributed by atoms with Crippen LogP contribution in [0.4, 0.5) is 4.79 Å². The first-order valence-electron chi connectivity index (χ1n) is 5.37. The summed E-state index contributed by atoms with van der Waals surface area (Å²) in [7, 11) is 0. The second kappa shape index (κ2) is 9.34. The highest BCUT2D eigenvalue weighted by Gasteiger charge is 2.00. The normalized spacial score (nSPS) is 10.6. The predicted molar refractivity (Wildman–Crippen MR) is 63.9 cm³/mol. The Hall–Kier alpha value is -0.220. The van der Waals surface area contributed by atoms with Crippen molar-refractivity contribution >= 4 is 17.0 Å². The molecule has 0 spiro atoms. The van der Waals surface area contributed by atoms with Crippen molar-refractivity contribution in [3.05, 3.63) is 0 Å². The van der Waals surface area contributed by atoms with Gasteiger partial charge < -0.3 is 10.2 Å². The highest BCUT2D eigenvalue weighted by atomic mass is 32.2. The van der Waals surface area contributed by atoms with Crippen molar-refractivity contribution in [1.82, 2.24) is 10.2 Å². The molecule has 0 saturated carbocycles. The summed E-state index contributed by atoms with van der Waals surface area (Å²) in [5.74, 6) is 0.849. The SMILES string of the molecule is CCSC(=O)NCCCN(CC)CC. The summed E-state index contributed by atoms with van der Waals surface area (Å²) in [5.41, 5.74) is 0. The molecule has 0 aromatic heterocycles. The van der Waals surface area contributed by atoms with Crippen molar-refractivity contribution in [3.8, 4) is 0 Å². The highest BCUT2D eigenvalue weighted by Crippen LogP contribution is 1.99. The van der Waals surface area contributed by atoms with Crippen LogP contribution in [0.2, 0.25) is 0 Å². The van der Waals surface area contributed by atoms with E-state index in [2.05, 4.69) is 24.1 Å². The van der Waals surface area contributed by atoms with E-state index in [0.717, 1.165) is 38.4 Å². The molecule has 14 heavy (non-hydrogen) atoms. The molecule has 84 valence electrons. The molecule has 4 heteroatoms. The van der Waals surface area contributed by atoms with Gasteiger partial charge in [-0.25, -0.2) is 0 Å². The van der Waals surface area contributed by atoms with Gasteiger partial charge in [-0.15, -0.1) is 0 Å². The first-order valence-corrected chi connectivity index (χ1v) is 6.36. The Morgan fingerprint density at radius 1 is 1.29 bits per heavy atom. The zero-order valence-corrected chi connectivity index (χ0v) is 10.3. The topological polar surface area (TPSA) is 32.3 Å². The lowest BCUT2D eigenvalue weighted by Gasteiger charge is -2.17. The smallest absolute Gasteiger partial charge is 0.279 e. The Bertz CT molecular complexity index is 149. The second-order valence-electron chi connectivity index (χ2n) is 3.03. The zero-order chi connectivity index (χ0) is 10.8. The van der Waals surface area contributed by atoms with E-state index in [4.69, 9.17) is 0 Å². The van der Waals surface area contributed by atoms with Crippen molar-refractivity contribution in [3.63, 3.8) is 0 Å². The molecule has 3 nitrogen and oxygen atoms in total. The maximum Gasteiger partial charge on any atom is 0.279 e. The third-order valence-electron chi connectivity index (χ3n) is 2.09. The second-order valence-corrected chi connectivity index (χ2v) is 4.26. The number of amides is 1. The summed E-state index contributed by atoms with van der Waals surface area (Å²) in [4.78, 5) is 13.4. The molecule has 0 aliphatic heterocycles. The highest BCUT2D eigenvalue weighted by molar-refractivity contribution is 8.13. The average Bonchev–Trinajstić information content (AvgIpc) is 2.19. The number of hydrogen-bond donors (Lipinski definition) is 1. The van der Waals surface area contributed by atoms with E-state index in [1.54, 1.807) is 0 Å². The van der Waals surface area contributed by atoms with Crippen LogP contribution in [-0.2, 0) is 0 Å². The fraction of sp³-hybridized carbons (Fsp3) is 0.900. The van der Waals surface area contributed by atoms with Crippen molar-refractivity contribution in [2.24, 2.45) is 0 Å². The Kier molecular flexibility index (Phi) is 9.19. The summed E-state index contributed by atoms with van der Waals surface area (Å²) >= 11 is 1.34. The van der Waals surface area contributed by atoms with Crippen molar-refractivity contribution in [1.29, 1.82) is 0 Å². The molecule has 0 bridgehead atoms. The number of rotatable bonds is 7. The number of nitrogens with zero attached hydrogens (tertiary/aromatic N) is 1. The van der Waals surface area contributed by atoms with E-state index in [1.807, 2.05) is 6.92 Å². The zero-order valence-electron chi connectivity index (χ0n) is 9.51. The predicted octanol–water partition coefficient (Wildman–Crippen LogP) is 2.18. The number of carbonyl (C=O) groups excluding carboxylic acids is 1. The fourth-order valence-corrected chi connectivity index (χ4v) is 1.68. The van der Waals surface area contributed by atoms with Gasteiger partial charge in [-0.3, -0.25) is 4.79 Å². The summed E-state index contributed by atoms with van der Waals surface area (Å²) < 4.78 is 0. The first-order chi connectivity index (χ1) is 6.74. The van der Waals surface area contributed by atoms with Gasteiger partial charge in [0, 0.05) is 6.54 Å². The summed E-state index contributed by atoms with van der Waals surface area (Å²) in [5, 5.41) is 2.99. The Morgan fingerprint density at radius 3 is 2.43 bits per heavy atom. The number of carbonyl (C=O) groups is 1. The molecular weight excluding hydrogens is 196 g/mol. The summed E-state index contributed by atoms with van der Waals surface area (Å²) in [6.45, 7) is 10.4. The van der Waals surface area contributed by atoms with E-state index in [-0.39, 0.29) is 5.24 Å². The molecule has 1 N–H and O–H groups in total. The van der Waals surface area contributed by atoms with Gasteiger partial charge in [0.2, 0.25) is 0 Å². The Balaban J connectivity index is 3.32. The van der Waals surface area contributed by atoms with E-state index >= 15 is 0 Å². The maximum atomic E-state index is 11.1. The average molecular weight is 218 g/mol. The van der Waals surface area contributed by atoms with Crippen LogP contribution in [0.5, 0.6) is 0 Å². The van der Waals surface area contributed by atoms with E-state index in [9.17, 15) is 4.79 Å². The fourth-order valence-electron chi connectivity index (χ4n) is 1.22. The summed E-state index contributed by atoms with van der Waals surface area (Å²) in [6.07, 6.45) is 1.04. The molecule has 1 amide bonds. The van der Waals surface area contributed by atoms with E-state index in [1.165, 1.54) is 11.8 Å². The lowest BCUT2D eigenvalue weighted by Crippen LogP contribution is -2.28. The molecule has 0 atom stereocenters. The standard InChI is InChI=1S/C10H22N2OS/c1-4-12(5-2)9-7-8-11-10(13)14-6-3/h4-9H2,1-3H3,(H,11,13). The van der Waals surface area contributed by atoms with Crippen LogP contribution in [-0.4, -0.2) is 42.1 Å². The minimum Gasteiger partial charge on any atom is -0.347 e. The van der Waals surface area contributed by atoms with Crippen molar-refractivity contribution in [2.45, 2.75) is 27.2 Å². The van der Waals surface area contributed by atoms with Crippen LogP contribution in [0.3, 0.4) is 0 Å². The van der Waals surface area contributed by atoms with Crippen LogP contribution < -0.4 is 5.32 Å². The van der Waals surface area contributed by atoms with Gasteiger partial charge in [0.15, 0.2) is 0 Å². The van der Waals surface area contributed by atoms with E-state index in [0.29, 0.717) is 0 Å². The third kappa shape index (κ3) is 7.21. The molecule has 0 rings (SSSR count). The molecule has 0 aromatic rings. The third-order valence-corrected chi connectivity index (χ3v) is 2.79. The minimum absolute atomic E-state index is 0.104. The van der Waals surface area contributed by atoms with E-state index < -0.39 is 0 Å². The van der Waals surface area contributed by atoms with Crippen LogP contribution in [0.25, 0.3) is 0 Å². The van der Waals surface area contributed by atoms with Crippen LogP contribution in [0, 0.1) is 0 Å². The van der Waals surface area contributed by atoms with Gasteiger partial charge in [-0.05, 0) is 31.8 Å². The van der Waals surface area contributed by atoms with Crippen LogP contribution in [0.15, 0.2) is 0 Å². The molecule has 0 aliphatic rings. The first kappa shape index (κ1) is 13.8. The van der Waals surface area contributed by atoms with Gasteiger partial charge >= 0.3 is 0 Å². The van der Waals surface area contributed by atoms with Crippen LogP contribution in [0.1, 0.15) is 27.2 Å². The molecule has 0 radical (unpaired) electrons. The summed E-state index contributed by atoms with van der Waals surface area (Å²) in [6, 6.07) is 0. The van der Waals surface area contributed by atoms with Crippen molar-refractivity contribution in [2.75, 3.05) is 31.9 Å². The number of nitrogens with one attached hydrogen (secondary N) is 1. The lowest BCUT2D eigenvalue weighted by atomic mass is 10.3. The maximum absolute atomic E-state index is 11.1. The monoisotopic (exact) mass is 218 g/mol. The number of thioether (sulfide) groups is 1. The molecule has 0 heterocycles. The molecule has 0 fully saturated rings. The van der Waals surface area contributed by atoms with Gasteiger partial charge in [-0.2, -0.15) is 0 Å². The molecular formula is C10H22N2OS. The molecule has 0 unspecified atom stereocenters. The van der Waals surface area contributed by atoms with Gasteiger partial charge in [0.25, 0.3) is 5.24 Å². The minimum atomic E-state index is 0.104. The molecule has 0 saturated heterocycles. The Labute approximate surface area is 91.6 Å². The van der Waals surface area contributed by atoms with Crippen molar-refractivity contribution < 1.29 is 4.79 Å². The Morgan fingerprint density at radius 2 is 1.93 bits per heavy atom. The van der Waals surface area contributed by atoms with Gasteiger partial charge in [0.1, 0.15) is 0 Å². The van der Waals surface area contributed by atoms with Crippen LogP contribution >= 0.6 is 11.8 Å². The largest absolute Gasteiger partial charge is 0.347 e. The quantitative estimate of drug-likeness (QED) is 0.665. The van der Waals surface area contributed by atoms with Gasteiger partial charge in [0.05, 0.1) is 0 Å². The molecule has 0 aliphatic carbocycles. The number of hydrogen-bond acceptors (Lipinski definition) is 3. The lowest BCUT2D eigenvalue weighted by molar-refractivity contribution is 0.258.